The molecule has 0 amide bonds. The smallest absolute Gasteiger partial charge is 0.203 e. The molecule has 5 nitrogen and oxygen atoms in total. The number of nitrogens with one attached hydrogen (secondary N) is 1. The van der Waals surface area contributed by atoms with Gasteiger partial charge >= 0.3 is 0 Å². The minimum atomic E-state index is 0.208. The van der Waals surface area contributed by atoms with Crippen LogP contribution in [0.15, 0.2) is 12.1 Å². The van der Waals surface area contributed by atoms with Crippen molar-refractivity contribution in [1.29, 1.82) is 5.26 Å². The number of thiocarbonyl (C=S) groups is 1. The molecule has 19 heavy (non-hydrogen) atoms. The Labute approximate surface area is 118 Å². The van der Waals surface area contributed by atoms with E-state index >= 15 is 0 Å². The van der Waals surface area contributed by atoms with Crippen molar-refractivity contribution >= 4 is 17.2 Å². The average Bonchev–Trinajstić information content (AvgIpc) is 2.44. The molecule has 1 aromatic carbocycles. The molecular formula is C13H16N2O3S. The van der Waals surface area contributed by atoms with Crippen molar-refractivity contribution in [3.05, 3.63) is 17.7 Å². The van der Waals surface area contributed by atoms with Crippen LogP contribution >= 0.6 is 12.2 Å². The van der Waals surface area contributed by atoms with Crippen LogP contribution in [-0.4, -0.2) is 26.3 Å². The molecule has 1 rings (SSSR count). The Balaban J connectivity index is 2.91. The molecule has 0 saturated carbocycles. The summed E-state index contributed by atoms with van der Waals surface area (Å²) in [6, 6.07) is 5.67. The van der Waals surface area contributed by atoms with E-state index < -0.39 is 0 Å². The van der Waals surface area contributed by atoms with Crippen molar-refractivity contribution in [3.63, 3.8) is 0 Å². The highest BCUT2D eigenvalue weighted by molar-refractivity contribution is 7.80. The molecule has 6 heteroatoms. The van der Waals surface area contributed by atoms with Gasteiger partial charge in [0.15, 0.2) is 11.5 Å². The molecule has 102 valence electrons. The maximum absolute atomic E-state index is 8.53. The lowest BCUT2D eigenvalue weighted by atomic mass is 10.1. The molecule has 0 radical (unpaired) electrons. The second-order valence-corrected chi connectivity index (χ2v) is 4.14. The molecule has 0 aliphatic rings. The number of hydrogen-bond acceptors (Lipinski definition) is 5. The SMILES string of the molecule is COc1cc(CNC(=S)CC#N)cc(OC)c1OC. The quantitative estimate of drug-likeness (QED) is 0.805. The molecule has 0 fully saturated rings. The van der Waals surface area contributed by atoms with E-state index in [1.807, 2.05) is 18.2 Å². The van der Waals surface area contributed by atoms with Crippen molar-refractivity contribution in [1.82, 2.24) is 5.32 Å². The van der Waals surface area contributed by atoms with E-state index in [9.17, 15) is 0 Å². The number of benzene rings is 1. The Hall–Kier alpha value is -2.00. The molecule has 0 aliphatic heterocycles. The monoisotopic (exact) mass is 280 g/mol. The lowest BCUT2D eigenvalue weighted by Crippen LogP contribution is -2.20. The average molecular weight is 280 g/mol. The van der Waals surface area contributed by atoms with Gasteiger partial charge in [0, 0.05) is 6.54 Å². The molecule has 0 saturated heterocycles. The maximum atomic E-state index is 8.53. The number of hydrogen-bond donors (Lipinski definition) is 1. The first kappa shape index (κ1) is 15.1. The van der Waals surface area contributed by atoms with Crippen LogP contribution in [0.1, 0.15) is 12.0 Å². The summed E-state index contributed by atoms with van der Waals surface area (Å²) in [5.74, 6) is 1.73. The van der Waals surface area contributed by atoms with E-state index in [1.54, 1.807) is 21.3 Å². The zero-order chi connectivity index (χ0) is 14.3. The van der Waals surface area contributed by atoms with Crippen molar-refractivity contribution in [2.24, 2.45) is 0 Å². The second-order valence-electron chi connectivity index (χ2n) is 3.65. The number of rotatable bonds is 6. The van der Waals surface area contributed by atoms with Gasteiger partial charge in [-0.3, -0.25) is 0 Å². The predicted octanol–water partition coefficient (Wildman–Crippen LogP) is 2.04. The van der Waals surface area contributed by atoms with Crippen LogP contribution in [0.3, 0.4) is 0 Å². The minimum absolute atomic E-state index is 0.208. The fourth-order valence-electron chi connectivity index (χ4n) is 1.57. The molecular weight excluding hydrogens is 264 g/mol. The van der Waals surface area contributed by atoms with E-state index in [0.717, 1.165) is 5.56 Å². The predicted molar refractivity (Wildman–Crippen MR) is 75.8 cm³/mol. The van der Waals surface area contributed by atoms with E-state index in [-0.39, 0.29) is 6.42 Å². The van der Waals surface area contributed by atoms with Crippen LogP contribution in [0.2, 0.25) is 0 Å². The van der Waals surface area contributed by atoms with Crippen LogP contribution in [0.5, 0.6) is 17.2 Å². The third-order valence-electron chi connectivity index (χ3n) is 2.45. The molecule has 1 aromatic rings. The van der Waals surface area contributed by atoms with Crippen molar-refractivity contribution in [2.75, 3.05) is 21.3 Å². The summed E-state index contributed by atoms with van der Waals surface area (Å²) >= 11 is 5.00. The number of methoxy groups -OCH3 is 3. The van der Waals surface area contributed by atoms with Crippen molar-refractivity contribution in [2.45, 2.75) is 13.0 Å². The zero-order valence-corrected chi connectivity index (χ0v) is 12.0. The summed E-state index contributed by atoms with van der Waals surface area (Å²) in [5, 5.41) is 11.5. The fourth-order valence-corrected chi connectivity index (χ4v) is 1.71. The Morgan fingerprint density at radius 3 is 2.21 bits per heavy atom. The highest BCUT2D eigenvalue weighted by Crippen LogP contribution is 2.38. The lowest BCUT2D eigenvalue weighted by molar-refractivity contribution is 0.323. The Morgan fingerprint density at radius 2 is 1.79 bits per heavy atom. The van der Waals surface area contributed by atoms with Crippen LogP contribution in [0, 0.1) is 11.3 Å². The summed E-state index contributed by atoms with van der Waals surface area (Å²) in [4.78, 5) is 0.510. The molecule has 0 bridgehead atoms. The van der Waals surface area contributed by atoms with Gasteiger partial charge in [0.25, 0.3) is 0 Å². The molecule has 1 N–H and O–H groups in total. The summed E-state index contributed by atoms with van der Waals surface area (Å²) in [7, 11) is 4.68. The van der Waals surface area contributed by atoms with Gasteiger partial charge in [-0.2, -0.15) is 5.26 Å². The second kappa shape index (κ2) is 7.44. The lowest BCUT2D eigenvalue weighted by Gasteiger charge is -2.14. The first-order chi connectivity index (χ1) is 9.15. The molecule has 0 spiro atoms. The van der Waals surface area contributed by atoms with Crippen molar-refractivity contribution < 1.29 is 14.2 Å². The van der Waals surface area contributed by atoms with Gasteiger partial charge in [-0.05, 0) is 17.7 Å². The molecule has 0 atom stereocenters. The van der Waals surface area contributed by atoms with Gasteiger partial charge < -0.3 is 19.5 Å². The summed E-state index contributed by atoms with van der Waals surface area (Å²) < 4.78 is 15.7. The largest absolute Gasteiger partial charge is 0.493 e. The van der Waals surface area contributed by atoms with Gasteiger partial charge in [0.05, 0.1) is 38.8 Å². The highest BCUT2D eigenvalue weighted by Gasteiger charge is 2.13. The number of ether oxygens (including phenoxy) is 3. The van der Waals surface area contributed by atoms with Crippen LogP contribution in [0.4, 0.5) is 0 Å². The van der Waals surface area contributed by atoms with Crippen molar-refractivity contribution in [3.8, 4) is 23.3 Å². The minimum Gasteiger partial charge on any atom is -0.493 e. The topological polar surface area (TPSA) is 63.5 Å². The highest BCUT2D eigenvalue weighted by atomic mass is 32.1. The van der Waals surface area contributed by atoms with Crippen LogP contribution in [0.25, 0.3) is 0 Å². The Bertz CT molecular complexity index is 472. The Morgan fingerprint density at radius 1 is 1.21 bits per heavy atom. The number of nitrogens with zero attached hydrogens (tertiary/aromatic N) is 1. The summed E-state index contributed by atoms with van der Waals surface area (Å²) in [6.07, 6.45) is 0.208. The third kappa shape index (κ3) is 4.00. The van der Waals surface area contributed by atoms with Gasteiger partial charge in [0.1, 0.15) is 0 Å². The normalized spacial score (nSPS) is 9.37. The molecule has 0 aliphatic carbocycles. The van der Waals surface area contributed by atoms with Gasteiger partial charge in [0.2, 0.25) is 5.75 Å². The third-order valence-corrected chi connectivity index (χ3v) is 2.74. The molecule has 0 heterocycles. The maximum Gasteiger partial charge on any atom is 0.203 e. The van der Waals surface area contributed by atoms with Gasteiger partial charge in [-0.15, -0.1) is 0 Å². The first-order valence-corrected chi connectivity index (χ1v) is 5.99. The van der Waals surface area contributed by atoms with E-state index in [0.29, 0.717) is 28.8 Å². The van der Waals surface area contributed by atoms with Crippen LogP contribution in [-0.2, 0) is 6.54 Å². The fraction of sp³-hybridized carbons (Fsp3) is 0.385. The zero-order valence-electron chi connectivity index (χ0n) is 11.1. The van der Waals surface area contributed by atoms with E-state index in [4.69, 9.17) is 31.7 Å². The Kier molecular flexibility index (Phi) is 5.90. The van der Waals surface area contributed by atoms with Crippen LogP contribution < -0.4 is 19.5 Å². The molecule has 0 aromatic heterocycles. The molecule has 0 unspecified atom stereocenters. The standard InChI is InChI=1S/C13H16N2O3S/c1-16-10-6-9(8-15-12(19)4-5-14)7-11(17-2)13(10)18-3/h6-7H,4,8H2,1-3H3,(H,15,19). The summed E-state index contributed by atoms with van der Waals surface area (Å²) in [6.45, 7) is 0.497. The van der Waals surface area contributed by atoms with Gasteiger partial charge in [-0.25, -0.2) is 0 Å². The van der Waals surface area contributed by atoms with E-state index in [2.05, 4.69) is 5.32 Å². The number of nitriles is 1. The van der Waals surface area contributed by atoms with Gasteiger partial charge in [-0.1, -0.05) is 12.2 Å². The summed E-state index contributed by atoms with van der Waals surface area (Å²) in [5.41, 5.74) is 0.926. The van der Waals surface area contributed by atoms with E-state index in [1.165, 1.54) is 0 Å². The first-order valence-electron chi connectivity index (χ1n) is 5.58.